The zero-order chi connectivity index (χ0) is 43.1. The highest BCUT2D eigenvalue weighted by molar-refractivity contribution is 7.99. The molecule has 10 aromatic carbocycles. The molecule has 0 fully saturated rings. The molecule has 0 saturated heterocycles. The Morgan fingerprint density at radius 1 is 0.288 bits per heavy atom. The van der Waals surface area contributed by atoms with Crippen molar-refractivity contribution >= 4 is 62.5 Å². The van der Waals surface area contributed by atoms with E-state index in [2.05, 4.69) is 229 Å². The van der Waals surface area contributed by atoms with E-state index in [0.29, 0.717) is 0 Å². The summed E-state index contributed by atoms with van der Waals surface area (Å²) in [6.07, 6.45) is 0. The maximum absolute atomic E-state index is 6.45. The number of anilines is 3. The van der Waals surface area contributed by atoms with Crippen molar-refractivity contribution in [1.82, 2.24) is 0 Å². The summed E-state index contributed by atoms with van der Waals surface area (Å²) < 4.78 is 6.45. The minimum absolute atomic E-state index is 0.506. The van der Waals surface area contributed by atoms with E-state index < -0.39 is 10.8 Å². The number of benzene rings is 10. The summed E-state index contributed by atoms with van der Waals surface area (Å²) in [5, 5.41) is 2.21. The van der Waals surface area contributed by atoms with Gasteiger partial charge < -0.3 is 9.32 Å². The second-order valence-corrected chi connectivity index (χ2v) is 20.0. The molecule has 0 unspecified atom stereocenters. The number of para-hydroxylation sites is 1. The lowest BCUT2D eigenvalue weighted by atomic mass is 9.67. The number of furan rings is 1. The first-order valence-corrected chi connectivity index (χ1v) is 24.3. The first-order chi connectivity index (χ1) is 32.7. The van der Waals surface area contributed by atoms with Crippen molar-refractivity contribution in [2.45, 2.75) is 30.4 Å². The molecule has 15 rings (SSSR count). The van der Waals surface area contributed by atoms with Crippen molar-refractivity contribution in [3.63, 3.8) is 0 Å². The third-order valence-corrected chi connectivity index (χ3v) is 17.1. The molecule has 308 valence electrons. The molecule has 66 heavy (non-hydrogen) atoms. The van der Waals surface area contributed by atoms with Gasteiger partial charge in [0.2, 0.25) is 0 Å². The molecule has 4 aliphatic rings. The van der Waals surface area contributed by atoms with Crippen molar-refractivity contribution in [3.05, 3.63) is 269 Å². The molecule has 2 aliphatic carbocycles. The Morgan fingerprint density at radius 2 is 0.652 bits per heavy atom. The fourth-order valence-corrected chi connectivity index (χ4v) is 14.6. The minimum atomic E-state index is -0.506. The van der Waals surface area contributed by atoms with E-state index in [1.807, 2.05) is 23.5 Å². The van der Waals surface area contributed by atoms with Gasteiger partial charge in [-0.2, -0.15) is 0 Å². The molecule has 0 saturated carbocycles. The van der Waals surface area contributed by atoms with Gasteiger partial charge in [-0.25, -0.2) is 0 Å². The van der Waals surface area contributed by atoms with Gasteiger partial charge in [-0.15, -0.1) is 0 Å². The van der Waals surface area contributed by atoms with Crippen LogP contribution in [0.3, 0.4) is 0 Å². The number of nitrogens with zero attached hydrogens (tertiary/aromatic N) is 1. The number of hydrogen-bond donors (Lipinski definition) is 0. The van der Waals surface area contributed by atoms with Crippen molar-refractivity contribution in [2.24, 2.45) is 0 Å². The van der Waals surface area contributed by atoms with Crippen LogP contribution in [0.15, 0.2) is 248 Å². The molecule has 0 N–H and O–H groups in total. The summed E-state index contributed by atoms with van der Waals surface area (Å²) in [7, 11) is 0. The highest BCUT2D eigenvalue weighted by atomic mass is 32.2. The SMILES string of the molecule is c1ccc2c(c1)Sc1ccccc1C21c2ccccc2-c2ccc(N(c3ccc4c(c3)C3(c5ccccc5Sc5ccccc53)c3ccccc3-4)c3ccc4oc5ccccc5c4c3)cc21. The predicted octanol–water partition coefficient (Wildman–Crippen LogP) is 16.7. The Kier molecular flexibility index (Phi) is 7.54. The predicted molar refractivity (Wildman–Crippen MR) is 271 cm³/mol. The lowest BCUT2D eigenvalue weighted by Crippen LogP contribution is -2.32. The highest BCUT2D eigenvalue weighted by Crippen LogP contribution is 2.65. The molecular formula is C62H37NOS2. The third-order valence-electron chi connectivity index (χ3n) is 14.8. The van der Waals surface area contributed by atoms with Crippen LogP contribution in [-0.2, 0) is 10.8 Å². The van der Waals surface area contributed by atoms with Gasteiger partial charge in [0.05, 0.1) is 10.8 Å². The van der Waals surface area contributed by atoms with Gasteiger partial charge in [0, 0.05) is 47.4 Å². The quantitative estimate of drug-likeness (QED) is 0.176. The van der Waals surface area contributed by atoms with Crippen LogP contribution in [-0.4, -0.2) is 0 Å². The largest absolute Gasteiger partial charge is 0.456 e. The Bertz CT molecular complexity index is 3590. The van der Waals surface area contributed by atoms with Gasteiger partial charge in [0.1, 0.15) is 11.2 Å². The second kappa shape index (κ2) is 13.5. The molecule has 0 bridgehead atoms. The fourth-order valence-electron chi connectivity index (χ4n) is 12.3. The second-order valence-electron chi connectivity index (χ2n) is 17.9. The number of rotatable bonds is 3. The van der Waals surface area contributed by atoms with Crippen LogP contribution in [0.25, 0.3) is 44.2 Å². The van der Waals surface area contributed by atoms with E-state index in [4.69, 9.17) is 4.42 Å². The molecule has 0 radical (unpaired) electrons. The van der Waals surface area contributed by atoms with Gasteiger partial charge in [-0.3, -0.25) is 0 Å². The maximum atomic E-state index is 6.45. The summed E-state index contributed by atoms with van der Waals surface area (Å²) in [5.74, 6) is 0. The maximum Gasteiger partial charge on any atom is 0.135 e. The monoisotopic (exact) mass is 875 g/mol. The smallest absolute Gasteiger partial charge is 0.135 e. The van der Waals surface area contributed by atoms with Crippen LogP contribution in [0.2, 0.25) is 0 Å². The van der Waals surface area contributed by atoms with Crippen LogP contribution < -0.4 is 4.90 Å². The van der Waals surface area contributed by atoms with E-state index in [1.165, 1.54) is 86.3 Å². The normalized spacial score (nSPS) is 14.8. The zero-order valence-electron chi connectivity index (χ0n) is 35.5. The molecular weight excluding hydrogens is 839 g/mol. The summed E-state index contributed by atoms with van der Waals surface area (Å²) in [6.45, 7) is 0. The molecule has 0 atom stereocenters. The van der Waals surface area contributed by atoms with Crippen LogP contribution in [0.1, 0.15) is 44.5 Å². The molecule has 2 nitrogen and oxygen atoms in total. The molecule has 3 heterocycles. The zero-order valence-corrected chi connectivity index (χ0v) is 37.2. The van der Waals surface area contributed by atoms with Crippen LogP contribution in [0.4, 0.5) is 17.1 Å². The van der Waals surface area contributed by atoms with E-state index in [9.17, 15) is 0 Å². The molecule has 4 heteroatoms. The molecule has 11 aromatic rings. The van der Waals surface area contributed by atoms with Crippen LogP contribution >= 0.6 is 23.5 Å². The van der Waals surface area contributed by atoms with Crippen LogP contribution in [0.5, 0.6) is 0 Å². The van der Waals surface area contributed by atoms with Crippen molar-refractivity contribution in [3.8, 4) is 22.3 Å². The minimum Gasteiger partial charge on any atom is -0.456 e. The summed E-state index contributed by atoms with van der Waals surface area (Å²) in [6, 6.07) is 84.1. The topological polar surface area (TPSA) is 16.4 Å². The van der Waals surface area contributed by atoms with Crippen molar-refractivity contribution < 1.29 is 4.42 Å². The lowest BCUT2D eigenvalue weighted by molar-refractivity contribution is 0.669. The highest BCUT2D eigenvalue weighted by Gasteiger charge is 2.52. The Balaban J connectivity index is 1.03. The molecule has 2 aliphatic heterocycles. The van der Waals surface area contributed by atoms with E-state index in [1.54, 1.807) is 0 Å². The standard InChI is InChI=1S/C62H37NOS2/c1-4-18-47-41(15-1)43-32-29-39(36-53(43)61(47)49-20-6-11-25-57(49)65-58-26-12-7-21-50(58)61)63(38-31-34-56-46(35-38)45-17-3-10-24-55(45)64-56)40-30-33-44-42-16-2-5-19-48(42)62(54(44)37-40)51-22-8-13-27-59(51)66-60-28-14-9-23-52(60)62/h1-37H. The third kappa shape index (κ3) is 4.70. The van der Waals surface area contributed by atoms with Gasteiger partial charge in [0.25, 0.3) is 0 Å². The summed E-state index contributed by atoms with van der Waals surface area (Å²) >= 11 is 3.77. The van der Waals surface area contributed by atoms with E-state index in [0.717, 1.165) is 39.0 Å². The first-order valence-electron chi connectivity index (χ1n) is 22.7. The van der Waals surface area contributed by atoms with Crippen LogP contribution in [0, 0.1) is 0 Å². The Hall–Kier alpha value is -7.50. The molecule has 2 spiro atoms. The van der Waals surface area contributed by atoms with Crippen molar-refractivity contribution in [2.75, 3.05) is 4.90 Å². The Labute approximate surface area is 391 Å². The van der Waals surface area contributed by atoms with Gasteiger partial charge >= 0.3 is 0 Å². The average molecular weight is 876 g/mol. The van der Waals surface area contributed by atoms with E-state index in [-0.39, 0.29) is 0 Å². The number of fused-ring (bicyclic) bond motifs is 21. The first kappa shape index (κ1) is 36.8. The molecule has 1 aromatic heterocycles. The summed E-state index contributed by atoms with van der Waals surface area (Å²) in [5.41, 5.74) is 19.8. The fraction of sp³-hybridized carbons (Fsp3) is 0.0323. The number of hydrogen-bond acceptors (Lipinski definition) is 4. The van der Waals surface area contributed by atoms with Gasteiger partial charge in [-0.05, 0) is 140 Å². The van der Waals surface area contributed by atoms with Gasteiger partial charge in [-0.1, -0.05) is 175 Å². The lowest BCUT2D eigenvalue weighted by Gasteiger charge is -2.40. The average Bonchev–Trinajstić information content (AvgIpc) is 3.99. The van der Waals surface area contributed by atoms with Gasteiger partial charge in [0.15, 0.2) is 0 Å². The molecule has 0 amide bonds. The van der Waals surface area contributed by atoms with Crippen molar-refractivity contribution in [1.29, 1.82) is 0 Å². The van der Waals surface area contributed by atoms with E-state index >= 15 is 0 Å². The Morgan fingerprint density at radius 3 is 1.15 bits per heavy atom. The summed E-state index contributed by atoms with van der Waals surface area (Å²) in [4.78, 5) is 7.70.